The van der Waals surface area contributed by atoms with Gasteiger partial charge in [0, 0.05) is 0 Å². The first-order chi connectivity index (χ1) is 14.8. The molecule has 172 valence electrons. The maximum Gasteiger partial charge on any atom is 0.119 e. The Labute approximate surface area is 188 Å². The fourth-order valence-corrected chi connectivity index (χ4v) is 5.09. The molecule has 1 aromatic rings. The SMILES string of the molecule is CCCCCCCc1ccc(OCCC[C@H]2CC[C@H](CCCCCCC)CC2)cc1. The molecule has 1 aliphatic rings. The third-order valence-electron chi connectivity index (χ3n) is 7.20. The van der Waals surface area contributed by atoms with Crippen molar-refractivity contribution in [2.24, 2.45) is 11.8 Å². The molecule has 1 heteroatoms. The molecule has 2 rings (SSSR count). The van der Waals surface area contributed by atoms with Crippen LogP contribution >= 0.6 is 0 Å². The maximum atomic E-state index is 6.02. The first-order valence-corrected chi connectivity index (χ1v) is 13.5. The molecule has 0 atom stereocenters. The second kappa shape index (κ2) is 16.7. The molecule has 1 aliphatic carbocycles. The van der Waals surface area contributed by atoms with Gasteiger partial charge >= 0.3 is 0 Å². The molecule has 1 aromatic carbocycles. The maximum absolute atomic E-state index is 6.02. The summed E-state index contributed by atoms with van der Waals surface area (Å²) in [5.74, 6) is 3.04. The van der Waals surface area contributed by atoms with Gasteiger partial charge in [-0.2, -0.15) is 0 Å². The fraction of sp³-hybridized carbons (Fsp3) is 0.793. The van der Waals surface area contributed by atoms with Gasteiger partial charge in [0.15, 0.2) is 0 Å². The predicted octanol–water partition coefficient (Wildman–Crippen LogP) is 9.53. The zero-order valence-electron chi connectivity index (χ0n) is 20.3. The van der Waals surface area contributed by atoms with Crippen molar-refractivity contribution < 1.29 is 4.74 Å². The van der Waals surface area contributed by atoms with Gasteiger partial charge in [-0.1, -0.05) is 116 Å². The number of aryl methyl sites for hydroxylation is 1. The smallest absolute Gasteiger partial charge is 0.119 e. The first kappa shape index (κ1) is 25.3. The molecule has 30 heavy (non-hydrogen) atoms. The lowest BCUT2D eigenvalue weighted by molar-refractivity contribution is 0.228. The van der Waals surface area contributed by atoms with Crippen molar-refractivity contribution in [2.45, 2.75) is 129 Å². The largest absolute Gasteiger partial charge is 0.494 e. The Balaban J connectivity index is 1.47. The highest BCUT2D eigenvalue weighted by Crippen LogP contribution is 2.34. The van der Waals surface area contributed by atoms with Gasteiger partial charge in [-0.25, -0.2) is 0 Å². The zero-order chi connectivity index (χ0) is 21.3. The van der Waals surface area contributed by atoms with Crippen LogP contribution < -0.4 is 4.74 Å². The predicted molar refractivity (Wildman–Crippen MR) is 132 cm³/mol. The molecule has 1 nitrogen and oxygen atoms in total. The Hall–Kier alpha value is -0.980. The molecule has 0 aromatic heterocycles. The minimum absolute atomic E-state index is 0.883. The van der Waals surface area contributed by atoms with Gasteiger partial charge in [-0.15, -0.1) is 0 Å². The summed E-state index contributed by atoms with van der Waals surface area (Å²) in [5.41, 5.74) is 1.46. The number of hydrogen-bond acceptors (Lipinski definition) is 1. The quantitative estimate of drug-likeness (QED) is 0.231. The average molecular weight is 415 g/mol. The molecule has 1 saturated carbocycles. The second-order valence-electron chi connectivity index (χ2n) is 9.89. The van der Waals surface area contributed by atoms with Crippen molar-refractivity contribution in [1.29, 1.82) is 0 Å². The highest BCUT2D eigenvalue weighted by Gasteiger charge is 2.20. The minimum atomic E-state index is 0.883. The van der Waals surface area contributed by atoms with E-state index in [1.165, 1.54) is 121 Å². The van der Waals surface area contributed by atoms with Gasteiger partial charge in [-0.3, -0.25) is 0 Å². The van der Waals surface area contributed by atoms with Crippen molar-refractivity contribution in [1.82, 2.24) is 0 Å². The Morgan fingerprint density at radius 2 is 1.17 bits per heavy atom. The summed E-state index contributed by atoms with van der Waals surface area (Å²) in [6.45, 7) is 5.47. The van der Waals surface area contributed by atoms with E-state index < -0.39 is 0 Å². The summed E-state index contributed by atoms with van der Waals surface area (Å²) in [6.07, 6.45) is 25.1. The van der Waals surface area contributed by atoms with Crippen LogP contribution in [-0.2, 0) is 6.42 Å². The van der Waals surface area contributed by atoms with Gasteiger partial charge < -0.3 is 4.74 Å². The second-order valence-corrected chi connectivity index (χ2v) is 9.89. The zero-order valence-corrected chi connectivity index (χ0v) is 20.3. The summed E-state index contributed by atoms with van der Waals surface area (Å²) in [6, 6.07) is 8.87. The van der Waals surface area contributed by atoms with Gasteiger partial charge in [0.25, 0.3) is 0 Å². The summed E-state index contributed by atoms with van der Waals surface area (Å²) in [7, 11) is 0. The van der Waals surface area contributed by atoms with Crippen molar-refractivity contribution in [3.8, 4) is 5.75 Å². The van der Waals surface area contributed by atoms with Gasteiger partial charge in [-0.05, 0) is 55.2 Å². The normalized spacial score (nSPS) is 19.1. The van der Waals surface area contributed by atoms with E-state index in [4.69, 9.17) is 4.74 Å². The van der Waals surface area contributed by atoms with E-state index in [2.05, 4.69) is 38.1 Å². The molecule has 0 radical (unpaired) electrons. The van der Waals surface area contributed by atoms with E-state index in [1.807, 2.05) is 0 Å². The Morgan fingerprint density at radius 1 is 0.633 bits per heavy atom. The fourth-order valence-electron chi connectivity index (χ4n) is 5.09. The Bertz CT molecular complexity index is 498. The molecule has 0 amide bonds. The first-order valence-electron chi connectivity index (χ1n) is 13.5. The van der Waals surface area contributed by atoms with Crippen LogP contribution in [0.25, 0.3) is 0 Å². The molecule has 0 bridgehead atoms. The minimum Gasteiger partial charge on any atom is -0.494 e. The Kier molecular flexibility index (Phi) is 14.1. The van der Waals surface area contributed by atoms with Gasteiger partial charge in [0.1, 0.15) is 5.75 Å². The van der Waals surface area contributed by atoms with E-state index in [1.54, 1.807) is 0 Å². The average Bonchev–Trinajstić information content (AvgIpc) is 2.78. The van der Waals surface area contributed by atoms with E-state index >= 15 is 0 Å². The van der Waals surface area contributed by atoms with Crippen molar-refractivity contribution in [3.63, 3.8) is 0 Å². The summed E-state index contributed by atoms with van der Waals surface area (Å²) >= 11 is 0. The highest BCUT2D eigenvalue weighted by molar-refractivity contribution is 5.27. The molecule has 0 N–H and O–H groups in total. The van der Waals surface area contributed by atoms with Crippen LogP contribution in [0.4, 0.5) is 0 Å². The van der Waals surface area contributed by atoms with Crippen LogP contribution in [0.5, 0.6) is 5.75 Å². The van der Waals surface area contributed by atoms with Crippen LogP contribution in [0.1, 0.15) is 129 Å². The third-order valence-corrected chi connectivity index (χ3v) is 7.20. The van der Waals surface area contributed by atoms with E-state index in [0.717, 1.165) is 24.2 Å². The van der Waals surface area contributed by atoms with Crippen molar-refractivity contribution >= 4 is 0 Å². The van der Waals surface area contributed by atoms with Crippen molar-refractivity contribution in [3.05, 3.63) is 29.8 Å². The lowest BCUT2D eigenvalue weighted by Gasteiger charge is -2.28. The number of ether oxygens (including phenoxy) is 1. The lowest BCUT2D eigenvalue weighted by Crippen LogP contribution is -2.15. The summed E-state index contributed by atoms with van der Waals surface area (Å²) < 4.78 is 6.02. The van der Waals surface area contributed by atoms with E-state index in [-0.39, 0.29) is 0 Å². The molecule has 0 unspecified atom stereocenters. The molecule has 1 fully saturated rings. The molecule has 0 spiro atoms. The molecular weight excluding hydrogens is 364 g/mol. The number of unbranched alkanes of at least 4 members (excludes halogenated alkanes) is 8. The van der Waals surface area contributed by atoms with E-state index in [9.17, 15) is 0 Å². The van der Waals surface area contributed by atoms with Gasteiger partial charge in [0.05, 0.1) is 6.61 Å². The number of rotatable bonds is 17. The van der Waals surface area contributed by atoms with Crippen LogP contribution in [0, 0.1) is 11.8 Å². The summed E-state index contributed by atoms with van der Waals surface area (Å²) in [5, 5.41) is 0. The van der Waals surface area contributed by atoms with Crippen LogP contribution in [0.2, 0.25) is 0 Å². The standard InChI is InChI=1S/C29H50O/c1-3-5-7-9-11-14-26-17-19-28(20-18-26)16-13-25-30-29-23-21-27(22-24-29)15-12-10-8-6-4-2/h21-24,26,28H,3-20,25H2,1-2H3/t26-,28-. The highest BCUT2D eigenvalue weighted by atomic mass is 16.5. The van der Waals surface area contributed by atoms with Gasteiger partial charge in [0.2, 0.25) is 0 Å². The number of hydrogen-bond donors (Lipinski definition) is 0. The summed E-state index contributed by atoms with van der Waals surface area (Å²) in [4.78, 5) is 0. The Morgan fingerprint density at radius 3 is 1.77 bits per heavy atom. The van der Waals surface area contributed by atoms with Crippen molar-refractivity contribution in [2.75, 3.05) is 6.61 Å². The lowest BCUT2D eigenvalue weighted by atomic mass is 9.78. The monoisotopic (exact) mass is 414 g/mol. The molecule has 0 heterocycles. The molecule has 0 saturated heterocycles. The van der Waals surface area contributed by atoms with Crippen LogP contribution in [0.15, 0.2) is 24.3 Å². The van der Waals surface area contributed by atoms with Crippen LogP contribution in [-0.4, -0.2) is 6.61 Å². The molecule has 0 aliphatic heterocycles. The third kappa shape index (κ3) is 11.4. The molecular formula is C29H50O. The number of benzene rings is 1. The van der Waals surface area contributed by atoms with E-state index in [0.29, 0.717) is 0 Å². The topological polar surface area (TPSA) is 9.23 Å². The van der Waals surface area contributed by atoms with Crippen LogP contribution in [0.3, 0.4) is 0 Å².